The Bertz CT molecular complexity index is 912. The van der Waals surface area contributed by atoms with Gasteiger partial charge in [-0.2, -0.15) is 0 Å². The van der Waals surface area contributed by atoms with E-state index < -0.39 is 6.67 Å². The molecule has 1 amide bonds. The standard InChI is InChI=1S/C31H47FN2O/c1-8-24-14-16-27(17-15-24)34(30(35)29(33)26-11-9-10-25(20-26)21-32)28(18-19-31(5,6)7)23(4)13-12-22(2)3/h9-13,20,24,27-28,33H,8,14-19,21H2,1-7H3/b23-13+,33-29?. The van der Waals surface area contributed by atoms with Crippen molar-refractivity contribution in [3.05, 3.63) is 58.7 Å². The van der Waals surface area contributed by atoms with E-state index in [2.05, 4.69) is 60.6 Å². The predicted octanol–water partition coefficient (Wildman–Crippen LogP) is 8.43. The molecule has 1 unspecified atom stereocenters. The van der Waals surface area contributed by atoms with Crippen LogP contribution >= 0.6 is 0 Å². The maximum absolute atomic E-state index is 14.1. The smallest absolute Gasteiger partial charge is 0.273 e. The minimum Gasteiger partial charge on any atom is -0.328 e. The first-order valence-electron chi connectivity index (χ1n) is 13.3. The third-order valence-electron chi connectivity index (χ3n) is 7.31. The van der Waals surface area contributed by atoms with Crippen molar-refractivity contribution < 1.29 is 9.18 Å². The van der Waals surface area contributed by atoms with E-state index in [0.717, 1.165) is 50.0 Å². The number of allylic oxidation sites excluding steroid dienone is 3. The van der Waals surface area contributed by atoms with Gasteiger partial charge in [0.2, 0.25) is 0 Å². The van der Waals surface area contributed by atoms with Crippen molar-refractivity contribution in [2.75, 3.05) is 0 Å². The number of benzene rings is 1. The number of hydrogen-bond acceptors (Lipinski definition) is 2. The summed E-state index contributed by atoms with van der Waals surface area (Å²) in [4.78, 5) is 16.1. The summed E-state index contributed by atoms with van der Waals surface area (Å²) < 4.78 is 13.3. The van der Waals surface area contributed by atoms with Crippen LogP contribution in [0.1, 0.15) is 105 Å². The SMILES string of the molecule is CCC1CCC(N(C(=O)C(=N)c2cccc(CF)c2)C(CCC(C)(C)C)/C(C)=C/C=C(C)C)CC1. The Kier molecular flexibility index (Phi) is 10.9. The third kappa shape index (κ3) is 8.74. The molecule has 1 aliphatic rings. The van der Waals surface area contributed by atoms with Gasteiger partial charge >= 0.3 is 0 Å². The number of halogens is 1. The first-order chi connectivity index (χ1) is 16.5. The van der Waals surface area contributed by atoms with Gasteiger partial charge in [-0.15, -0.1) is 0 Å². The van der Waals surface area contributed by atoms with Crippen LogP contribution in [0.25, 0.3) is 0 Å². The highest BCUT2D eigenvalue weighted by Crippen LogP contribution is 2.34. The van der Waals surface area contributed by atoms with E-state index in [0.29, 0.717) is 11.1 Å². The van der Waals surface area contributed by atoms with Crippen LogP contribution in [0, 0.1) is 16.7 Å². The van der Waals surface area contributed by atoms with E-state index >= 15 is 0 Å². The first kappa shape index (κ1) is 29.0. The van der Waals surface area contributed by atoms with Crippen molar-refractivity contribution in [2.45, 2.75) is 112 Å². The fourth-order valence-corrected chi connectivity index (χ4v) is 5.02. The fraction of sp³-hybridized carbons (Fsp3) is 0.613. The number of carbonyl (C=O) groups is 1. The summed E-state index contributed by atoms with van der Waals surface area (Å²) in [5.41, 5.74) is 3.49. The van der Waals surface area contributed by atoms with Gasteiger partial charge in [0.25, 0.3) is 5.91 Å². The maximum atomic E-state index is 14.1. The van der Waals surface area contributed by atoms with Gasteiger partial charge < -0.3 is 4.90 Å². The highest BCUT2D eigenvalue weighted by molar-refractivity contribution is 6.44. The van der Waals surface area contributed by atoms with Gasteiger partial charge in [0, 0.05) is 11.6 Å². The second kappa shape index (κ2) is 13.2. The summed E-state index contributed by atoms with van der Waals surface area (Å²) in [6, 6.07) is 6.88. The lowest BCUT2D eigenvalue weighted by Crippen LogP contribution is -2.51. The lowest BCUT2D eigenvalue weighted by atomic mass is 9.81. The summed E-state index contributed by atoms with van der Waals surface area (Å²) in [7, 11) is 0. The Balaban J connectivity index is 2.50. The molecule has 0 spiro atoms. The summed E-state index contributed by atoms with van der Waals surface area (Å²) in [6.07, 6.45) is 11.5. The zero-order valence-electron chi connectivity index (χ0n) is 23.1. The van der Waals surface area contributed by atoms with Crippen molar-refractivity contribution in [3.8, 4) is 0 Å². The van der Waals surface area contributed by atoms with Gasteiger partial charge in [-0.05, 0) is 82.3 Å². The lowest BCUT2D eigenvalue weighted by molar-refractivity contribution is -0.129. The number of amides is 1. The number of hydrogen-bond donors (Lipinski definition) is 1. The van der Waals surface area contributed by atoms with Crippen LogP contribution in [0.15, 0.2) is 47.6 Å². The molecule has 1 saturated carbocycles. The molecule has 0 saturated heterocycles. The average molecular weight is 483 g/mol. The van der Waals surface area contributed by atoms with Crippen molar-refractivity contribution in [3.63, 3.8) is 0 Å². The number of alkyl halides is 1. The molecular weight excluding hydrogens is 435 g/mol. The van der Waals surface area contributed by atoms with E-state index in [1.54, 1.807) is 24.3 Å². The summed E-state index contributed by atoms with van der Waals surface area (Å²) in [5, 5.41) is 8.85. The second-order valence-electron chi connectivity index (χ2n) is 11.8. The van der Waals surface area contributed by atoms with E-state index in [4.69, 9.17) is 5.41 Å². The Morgan fingerprint density at radius 2 is 1.80 bits per heavy atom. The van der Waals surface area contributed by atoms with Crippen LogP contribution < -0.4 is 0 Å². The van der Waals surface area contributed by atoms with Crippen LogP contribution in [0.3, 0.4) is 0 Å². The topological polar surface area (TPSA) is 44.2 Å². The van der Waals surface area contributed by atoms with Gasteiger partial charge in [0.05, 0.1) is 6.04 Å². The Morgan fingerprint density at radius 1 is 1.14 bits per heavy atom. The number of rotatable bonds is 10. The van der Waals surface area contributed by atoms with Crippen LogP contribution in [-0.2, 0) is 11.5 Å². The zero-order valence-corrected chi connectivity index (χ0v) is 23.1. The highest BCUT2D eigenvalue weighted by Gasteiger charge is 2.36. The third-order valence-corrected chi connectivity index (χ3v) is 7.31. The predicted molar refractivity (Wildman–Crippen MR) is 147 cm³/mol. The first-order valence-corrected chi connectivity index (χ1v) is 13.3. The molecule has 194 valence electrons. The summed E-state index contributed by atoms with van der Waals surface area (Å²) in [5.74, 6) is 0.490. The largest absolute Gasteiger partial charge is 0.328 e. The van der Waals surface area contributed by atoms with Crippen LogP contribution in [0.4, 0.5) is 4.39 Å². The van der Waals surface area contributed by atoms with Crippen LogP contribution in [0.5, 0.6) is 0 Å². The van der Waals surface area contributed by atoms with Gasteiger partial charge in [-0.25, -0.2) is 4.39 Å². The van der Waals surface area contributed by atoms with Crippen molar-refractivity contribution in [1.82, 2.24) is 4.90 Å². The van der Waals surface area contributed by atoms with E-state index in [9.17, 15) is 9.18 Å². The Labute approximate surface area is 213 Å². The molecule has 0 heterocycles. The normalized spacial score (nSPS) is 19.7. The molecule has 1 atom stereocenters. The molecule has 0 aromatic heterocycles. The molecule has 2 rings (SSSR count). The molecule has 3 nitrogen and oxygen atoms in total. The lowest BCUT2D eigenvalue weighted by Gasteiger charge is -2.43. The molecule has 1 fully saturated rings. The number of nitrogens with one attached hydrogen (secondary N) is 1. The Hall–Kier alpha value is -2.23. The fourth-order valence-electron chi connectivity index (χ4n) is 5.02. The molecular formula is C31H47FN2O. The molecule has 1 N–H and O–H groups in total. The zero-order chi connectivity index (χ0) is 26.2. The average Bonchev–Trinajstić information content (AvgIpc) is 2.83. The van der Waals surface area contributed by atoms with Crippen molar-refractivity contribution >= 4 is 11.6 Å². The van der Waals surface area contributed by atoms with Gasteiger partial charge in [-0.1, -0.05) is 75.6 Å². The van der Waals surface area contributed by atoms with Gasteiger partial charge in [-0.3, -0.25) is 10.2 Å². The molecule has 4 heteroatoms. The van der Waals surface area contributed by atoms with Gasteiger partial charge in [0.1, 0.15) is 12.4 Å². The van der Waals surface area contributed by atoms with E-state index in [1.165, 1.54) is 12.0 Å². The van der Waals surface area contributed by atoms with E-state index in [-0.39, 0.29) is 29.1 Å². The second-order valence-corrected chi connectivity index (χ2v) is 11.8. The minimum atomic E-state index is -0.598. The minimum absolute atomic E-state index is 0.0336. The van der Waals surface area contributed by atoms with Gasteiger partial charge in [0.15, 0.2) is 0 Å². The molecule has 0 bridgehead atoms. The Morgan fingerprint density at radius 3 is 2.34 bits per heavy atom. The molecule has 0 radical (unpaired) electrons. The molecule has 35 heavy (non-hydrogen) atoms. The summed E-state index contributed by atoms with van der Waals surface area (Å²) >= 11 is 0. The quantitative estimate of drug-likeness (QED) is 0.264. The molecule has 1 aromatic carbocycles. The molecule has 1 aromatic rings. The van der Waals surface area contributed by atoms with Crippen LogP contribution in [-0.4, -0.2) is 28.6 Å². The van der Waals surface area contributed by atoms with Crippen molar-refractivity contribution in [2.24, 2.45) is 11.3 Å². The molecule has 1 aliphatic carbocycles. The molecule has 0 aliphatic heterocycles. The monoisotopic (exact) mass is 482 g/mol. The van der Waals surface area contributed by atoms with Crippen molar-refractivity contribution in [1.29, 1.82) is 5.41 Å². The number of carbonyl (C=O) groups excluding carboxylic acids is 1. The highest BCUT2D eigenvalue weighted by atomic mass is 19.1. The maximum Gasteiger partial charge on any atom is 0.273 e. The van der Waals surface area contributed by atoms with E-state index in [1.807, 2.05) is 4.90 Å². The summed E-state index contributed by atoms with van der Waals surface area (Å²) in [6.45, 7) is 14.6. The van der Waals surface area contributed by atoms with Crippen LogP contribution in [0.2, 0.25) is 0 Å². The number of nitrogens with zero attached hydrogens (tertiary/aromatic N) is 1.